The molecule has 0 bridgehead atoms. The number of rotatable bonds is 3. The Morgan fingerprint density at radius 3 is 2.68 bits per heavy atom. The number of aromatic nitrogens is 1. The van der Waals surface area contributed by atoms with Crippen LogP contribution in [0.25, 0.3) is 0 Å². The van der Waals surface area contributed by atoms with Gasteiger partial charge < -0.3 is 14.5 Å². The Labute approximate surface area is 113 Å². The summed E-state index contributed by atoms with van der Waals surface area (Å²) in [6, 6.07) is 0. The highest BCUT2D eigenvalue weighted by Gasteiger charge is 2.33. The summed E-state index contributed by atoms with van der Waals surface area (Å²) in [6.45, 7) is 8.85. The zero-order valence-corrected chi connectivity index (χ0v) is 12.0. The summed E-state index contributed by atoms with van der Waals surface area (Å²) in [4.78, 5) is 14.4. The molecule has 1 saturated heterocycles. The fourth-order valence-electron chi connectivity index (χ4n) is 2.57. The monoisotopic (exact) mass is 266 g/mol. The van der Waals surface area contributed by atoms with Crippen molar-refractivity contribution in [2.45, 2.75) is 46.1 Å². The van der Waals surface area contributed by atoms with Crippen LogP contribution in [0.3, 0.4) is 0 Å². The van der Waals surface area contributed by atoms with Gasteiger partial charge in [0.05, 0.1) is 11.8 Å². The molecule has 0 spiro atoms. The van der Waals surface area contributed by atoms with Crippen LogP contribution < -0.4 is 0 Å². The molecule has 1 aliphatic rings. The standard InChI is InChI=1S/C14H22N2O3/c1-8(2)13-12(9(3)15-19-13)14(18)16-6-5-11(7-16)10(4)17/h8,10-11,17H,5-7H2,1-4H3. The molecule has 0 aliphatic carbocycles. The summed E-state index contributed by atoms with van der Waals surface area (Å²) in [5.41, 5.74) is 1.25. The minimum atomic E-state index is -0.369. The Balaban J connectivity index is 2.19. The molecule has 1 N–H and O–H groups in total. The van der Waals surface area contributed by atoms with E-state index in [1.54, 1.807) is 18.7 Å². The van der Waals surface area contributed by atoms with Crippen LogP contribution in [0.1, 0.15) is 54.9 Å². The van der Waals surface area contributed by atoms with Crippen LogP contribution in [0.4, 0.5) is 0 Å². The van der Waals surface area contributed by atoms with Crippen molar-refractivity contribution >= 4 is 5.91 Å². The van der Waals surface area contributed by atoms with Crippen LogP contribution in [0, 0.1) is 12.8 Å². The number of aliphatic hydroxyl groups excluding tert-OH is 1. The van der Waals surface area contributed by atoms with E-state index in [0.717, 1.165) is 6.42 Å². The van der Waals surface area contributed by atoms with Crippen molar-refractivity contribution in [3.8, 4) is 0 Å². The molecule has 2 rings (SSSR count). The van der Waals surface area contributed by atoms with Gasteiger partial charge in [0, 0.05) is 24.9 Å². The summed E-state index contributed by atoms with van der Waals surface area (Å²) in [5, 5.41) is 13.5. The fraction of sp³-hybridized carbons (Fsp3) is 0.714. The van der Waals surface area contributed by atoms with Crippen molar-refractivity contribution in [2.75, 3.05) is 13.1 Å². The van der Waals surface area contributed by atoms with E-state index in [1.165, 1.54) is 0 Å². The van der Waals surface area contributed by atoms with E-state index in [1.807, 2.05) is 13.8 Å². The second-order valence-electron chi connectivity index (χ2n) is 5.70. The van der Waals surface area contributed by atoms with E-state index < -0.39 is 0 Å². The maximum atomic E-state index is 12.6. The van der Waals surface area contributed by atoms with Crippen molar-refractivity contribution in [1.82, 2.24) is 10.1 Å². The second-order valence-corrected chi connectivity index (χ2v) is 5.70. The molecule has 1 aromatic rings. The molecule has 1 aliphatic heterocycles. The molecule has 2 heterocycles. The quantitative estimate of drug-likeness (QED) is 0.908. The smallest absolute Gasteiger partial charge is 0.259 e. The van der Waals surface area contributed by atoms with Gasteiger partial charge in [-0.15, -0.1) is 0 Å². The van der Waals surface area contributed by atoms with Gasteiger partial charge in [0.1, 0.15) is 5.56 Å². The number of nitrogens with zero attached hydrogens (tertiary/aromatic N) is 2. The zero-order chi connectivity index (χ0) is 14.2. The Bertz CT molecular complexity index is 465. The van der Waals surface area contributed by atoms with Crippen LogP contribution >= 0.6 is 0 Å². The number of aliphatic hydroxyl groups is 1. The van der Waals surface area contributed by atoms with Crippen molar-refractivity contribution in [2.24, 2.45) is 5.92 Å². The molecular weight excluding hydrogens is 244 g/mol. The van der Waals surface area contributed by atoms with Gasteiger partial charge >= 0.3 is 0 Å². The average Bonchev–Trinajstić information content (AvgIpc) is 2.94. The lowest BCUT2D eigenvalue weighted by atomic mass is 10.0. The minimum absolute atomic E-state index is 0.0226. The predicted octanol–water partition coefficient (Wildman–Crippen LogP) is 1.95. The van der Waals surface area contributed by atoms with E-state index in [2.05, 4.69) is 5.16 Å². The topological polar surface area (TPSA) is 66.6 Å². The Kier molecular flexibility index (Phi) is 3.94. The van der Waals surface area contributed by atoms with Gasteiger partial charge in [-0.3, -0.25) is 4.79 Å². The summed E-state index contributed by atoms with van der Waals surface area (Å²) >= 11 is 0. The number of hydrogen-bond donors (Lipinski definition) is 1. The third-order valence-corrected chi connectivity index (χ3v) is 3.82. The molecule has 0 saturated carbocycles. The summed E-state index contributed by atoms with van der Waals surface area (Å²) in [5.74, 6) is 0.940. The number of hydrogen-bond acceptors (Lipinski definition) is 4. The van der Waals surface area contributed by atoms with Crippen LogP contribution in [-0.2, 0) is 0 Å². The molecule has 1 fully saturated rings. The highest BCUT2D eigenvalue weighted by molar-refractivity contribution is 5.96. The first-order valence-corrected chi connectivity index (χ1v) is 6.85. The van der Waals surface area contributed by atoms with E-state index in [9.17, 15) is 9.90 Å². The average molecular weight is 266 g/mol. The van der Waals surface area contributed by atoms with Crippen LogP contribution in [0.5, 0.6) is 0 Å². The number of carbonyl (C=O) groups is 1. The molecule has 106 valence electrons. The summed E-state index contributed by atoms with van der Waals surface area (Å²) in [7, 11) is 0. The number of likely N-dealkylation sites (tertiary alicyclic amines) is 1. The molecule has 0 aromatic carbocycles. The maximum absolute atomic E-state index is 12.6. The first-order valence-electron chi connectivity index (χ1n) is 6.85. The highest BCUT2D eigenvalue weighted by Crippen LogP contribution is 2.27. The lowest BCUT2D eigenvalue weighted by Gasteiger charge is -2.18. The Morgan fingerprint density at radius 1 is 1.47 bits per heavy atom. The van der Waals surface area contributed by atoms with E-state index >= 15 is 0 Å². The van der Waals surface area contributed by atoms with E-state index in [4.69, 9.17) is 4.52 Å². The highest BCUT2D eigenvalue weighted by atomic mass is 16.5. The lowest BCUT2D eigenvalue weighted by molar-refractivity contribution is 0.0759. The van der Waals surface area contributed by atoms with Crippen LogP contribution in [-0.4, -0.2) is 40.3 Å². The third kappa shape index (κ3) is 2.66. The summed E-state index contributed by atoms with van der Waals surface area (Å²) < 4.78 is 5.26. The normalized spacial score (nSPS) is 21.2. The van der Waals surface area contributed by atoms with Crippen LogP contribution in [0.15, 0.2) is 4.52 Å². The number of amides is 1. The minimum Gasteiger partial charge on any atom is -0.393 e. The van der Waals surface area contributed by atoms with Gasteiger partial charge in [0.25, 0.3) is 5.91 Å². The molecule has 2 atom stereocenters. The molecule has 1 aromatic heterocycles. The first kappa shape index (κ1) is 14.1. The number of carbonyl (C=O) groups excluding carboxylic acids is 1. The zero-order valence-electron chi connectivity index (χ0n) is 12.0. The SMILES string of the molecule is Cc1noc(C(C)C)c1C(=O)N1CCC(C(C)O)C1. The molecule has 2 unspecified atom stereocenters. The van der Waals surface area contributed by atoms with Crippen molar-refractivity contribution in [3.05, 3.63) is 17.0 Å². The Morgan fingerprint density at radius 2 is 2.16 bits per heavy atom. The predicted molar refractivity (Wildman–Crippen MR) is 71.0 cm³/mol. The van der Waals surface area contributed by atoms with Crippen LogP contribution in [0.2, 0.25) is 0 Å². The lowest BCUT2D eigenvalue weighted by Crippen LogP contribution is -2.31. The molecule has 5 heteroatoms. The second kappa shape index (κ2) is 5.33. The van der Waals surface area contributed by atoms with Crippen molar-refractivity contribution in [1.29, 1.82) is 0 Å². The Hall–Kier alpha value is -1.36. The summed E-state index contributed by atoms with van der Waals surface area (Å²) in [6.07, 6.45) is 0.482. The molecule has 0 radical (unpaired) electrons. The van der Waals surface area contributed by atoms with Gasteiger partial charge in [-0.25, -0.2) is 0 Å². The van der Waals surface area contributed by atoms with Gasteiger partial charge in [-0.05, 0) is 20.3 Å². The van der Waals surface area contributed by atoms with E-state index in [-0.39, 0.29) is 23.8 Å². The van der Waals surface area contributed by atoms with Gasteiger partial charge in [0.2, 0.25) is 0 Å². The molecule has 1 amide bonds. The van der Waals surface area contributed by atoms with Crippen molar-refractivity contribution in [3.63, 3.8) is 0 Å². The first-order chi connectivity index (χ1) is 8.91. The number of aryl methyl sites for hydroxylation is 1. The third-order valence-electron chi connectivity index (χ3n) is 3.82. The maximum Gasteiger partial charge on any atom is 0.259 e. The largest absolute Gasteiger partial charge is 0.393 e. The van der Waals surface area contributed by atoms with Crippen molar-refractivity contribution < 1.29 is 14.4 Å². The molecule has 5 nitrogen and oxygen atoms in total. The van der Waals surface area contributed by atoms with Gasteiger partial charge in [-0.1, -0.05) is 19.0 Å². The molecular formula is C14H22N2O3. The molecule has 19 heavy (non-hydrogen) atoms. The fourth-order valence-corrected chi connectivity index (χ4v) is 2.57. The van der Waals surface area contributed by atoms with E-state index in [0.29, 0.717) is 30.1 Å². The van der Waals surface area contributed by atoms with Gasteiger partial charge in [-0.2, -0.15) is 0 Å². The van der Waals surface area contributed by atoms with Gasteiger partial charge in [0.15, 0.2) is 5.76 Å².